The Morgan fingerprint density at radius 3 is 2.43 bits per heavy atom. The van der Waals surface area contributed by atoms with Gasteiger partial charge in [0.1, 0.15) is 6.54 Å². The molecule has 1 aliphatic heterocycles. The second kappa shape index (κ2) is 8.10. The number of carbonyl (C=O) groups is 3. The van der Waals surface area contributed by atoms with Gasteiger partial charge in [0.25, 0.3) is 11.8 Å². The number of amides is 2. The summed E-state index contributed by atoms with van der Waals surface area (Å²) in [5.41, 5.74) is 0.446. The molecule has 0 saturated carbocycles. The summed E-state index contributed by atoms with van der Waals surface area (Å²) in [5.74, 6) is -1.18. The Kier molecular flexibility index (Phi) is 6.15. The number of ether oxygens (including phenoxy) is 1. The fraction of sp³-hybridized carbons (Fsp3) is 0.438. The van der Waals surface area contributed by atoms with Crippen LogP contribution in [0.3, 0.4) is 0 Å². The summed E-state index contributed by atoms with van der Waals surface area (Å²) in [5, 5.41) is 2.48. The average molecular weight is 383 g/mol. The molecule has 1 unspecified atom stereocenters. The van der Waals surface area contributed by atoms with Crippen LogP contribution in [-0.4, -0.2) is 48.4 Å². The van der Waals surface area contributed by atoms with E-state index < -0.39 is 12.1 Å². The van der Waals surface area contributed by atoms with Crippen molar-refractivity contribution < 1.29 is 19.1 Å². The number of likely N-dealkylation sites (tertiary alicyclic amines) is 1. The number of hydrogen-bond donors (Lipinski definition) is 1. The maximum absolute atomic E-state index is 12.0. The second-order valence-electron chi connectivity index (χ2n) is 5.35. The Hall–Kier alpha value is -1.89. The maximum atomic E-state index is 12.0. The zero-order chi connectivity index (χ0) is 16.8. The second-order valence-corrected chi connectivity index (χ2v) is 6.27. The van der Waals surface area contributed by atoms with Gasteiger partial charge in [-0.3, -0.25) is 14.4 Å². The fourth-order valence-electron chi connectivity index (χ4n) is 2.34. The van der Waals surface area contributed by atoms with Crippen molar-refractivity contribution >= 4 is 33.7 Å². The zero-order valence-corrected chi connectivity index (χ0v) is 14.5. The maximum Gasteiger partial charge on any atom is 0.326 e. The van der Waals surface area contributed by atoms with E-state index in [9.17, 15) is 14.4 Å². The molecule has 1 N–H and O–H groups in total. The predicted octanol–water partition coefficient (Wildman–Crippen LogP) is 1.73. The normalized spacial score (nSPS) is 15.1. The van der Waals surface area contributed by atoms with E-state index in [4.69, 9.17) is 4.74 Å². The molecule has 6 nitrogen and oxygen atoms in total. The van der Waals surface area contributed by atoms with Crippen molar-refractivity contribution in [3.8, 4) is 0 Å². The fourth-order valence-corrected chi connectivity index (χ4v) is 2.60. The summed E-state index contributed by atoms with van der Waals surface area (Å²) in [6, 6.07) is 6.77. The minimum absolute atomic E-state index is 0.185. The molecule has 1 heterocycles. The van der Waals surface area contributed by atoms with Crippen LogP contribution in [0.1, 0.15) is 30.1 Å². The van der Waals surface area contributed by atoms with Crippen LogP contribution in [0, 0.1) is 0 Å². The van der Waals surface area contributed by atoms with Crippen molar-refractivity contribution in [2.24, 2.45) is 0 Å². The largest absolute Gasteiger partial charge is 0.451 e. The smallest absolute Gasteiger partial charge is 0.326 e. The molecule has 1 aromatic rings. The van der Waals surface area contributed by atoms with Gasteiger partial charge in [-0.15, -0.1) is 0 Å². The van der Waals surface area contributed by atoms with Crippen molar-refractivity contribution in [3.63, 3.8) is 0 Å². The van der Waals surface area contributed by atoms with Crippen molar-refractivity contribution in [3.05, 3.63) is 34.3 Å². The van der Waals surface area contributed by atoms with Crippen molar-refractivity contribution in [2.75, 3.05) is 19.6 Å². The molecule has 1 aromatic carbocycles. The molecule has 0 aliphatic carbocycles. The monoisotopic (exact) mass is 382 g/mol. The van der Waals surface area contributed by atoms with Crippen molar-refractivity contribution in [2.45, 2.75) is 25.9 Å². The lowest BCUT2D eigenvalue weighted by atomic mass is 10.2. The summed E-state index contributed by atoms with van der Waals surface area (Å²) in [4.78, 5) is 37.3. The van der Waals surface area contributed by atoms with Gasteiger partial charge < -0.3 is 15.0 Å². The summed E-state index contributed by atoms with van der Waals surface area (Å²) >= 11 is 3.28. The minimum atomic E-state index is -0.829. The number of esters is 1. The van der Waals surface area contributed by atoms with Crippen LogP contribution < -0.4 is 5.32 Å². The Balaban J connectivity index is 1.76. The van der Waals surface area contributed by atoms with Gasteiger partial charge in [-0.1, -0.05) is 15.9 Å². The van der Waals surface area contributed by atoms with Crippen LogP contribution in [0.5, 0.6) is 0 Å². The first-order valence-electron chi connectivity index (χ1n) is 7.49. The van der Waals surface area contributed by atoms with E-state index in [0.717, 1.165) is 17.3 Å². The molecular formula is C16H19BrN2O4. The first-order valence-corrected chi connectivity index (χ1v) is 8.28. The molecule has 1 atom stereocenters. The number of benzene rings is 1. The number of halogens is 1. The topological polar surface area (TPSA) is 75.7 Å². The highest BCUT2D eigenvalue weighted by Crippen LogP contribution is 2.11. The number of nitrogens with one attached hydrogen (secondary N) is 1. The molecule has 1 aliphatic rings. The molecule has 23 heavy (non-hydrogen) atoms. The first kappa shape index (κ1) is 17.5. The third kappa shape index (κ3) is 5.06. The Morgan fingerprint density at radius 2 is 1.83 bits per heavy atom. The molecule has 0 bridgehead atoms. The van der Waals surface area contributed by atoms with Crippen LogP contribution in [-0.2, 0) is 14.3 Å². The van der Waals surface area contributed by atoms with Crippen molar-refractivity contribution in [1.82, 2.24) is 10.2 Å². The van der Waals surface area contributed by atoms with Crippen LogP contribution in [0.4, 0.5) is 0 Å². The van der Waals surface area contributed by atoms with E-state index in [2.05, 4.69) is 21.2 Å². The quantitative estimate of drug-likeness (QED) is 0.786. The number of carbonyl (C=O) groups excluding carboxylic acids is 3. The minimum Gasteiger partial charge on any atom is -0.451 e. The van der Waals surface area contributed by atoms with Crippen LogP contribution in [0.15, 0.2) is 28.7 Å². The lowest BCUT2D eigenvalue weighted by molar-refractivity contribution is -0.157. The van der Waals surface area contributed by atoms with Crippen LogP contribution in [0.25, 0.3) is 0 Å². The molecule has 124 valence electrons. The van der Waals surface area contributed by atoms with Gasteiger partial charge in [-0.2, -0.15) is 0 Å². The SMILES string of the molecule is CC(OC(=O)CNC(=O)c1ccc(Br)cc1)C(=O)N1CCCC1. The van der Waals surface area contributed by atoms with E-state index in [0.29, 0.717) is 18.7 Å². The van der Waals surface area contributed by atoms with Crippen LogP contribution in [0.2, 0.25) is 0 Å². The molecule has 2 amide bonds. The highest BCUT2D eigenvalue weighted by atomic mass is 79.9. The Morgan fingerprint density at radius 1 is 1.22 bits per heavy atom. The molecule has 1 saturated heterocycles. The third-order valence-corrected chi connectivity index (χ3v) is 4.10. The third-order valence-electron chi connectivity index (χ3n) is 3.57. The van der Waals surface area contributed by atoms with E-state index >= 15 is 0 Å². The number of rotatable bonds is 5. The summed E-state index contributed by atoms with van der Waals surface area (Å²) in [6.45, 7) is 2.70. The first-order chi connectivity index (χ1) is 11.0. The van der Waals surface area contributed by atoms with Gasteiger partial charge in [-0.05, 0) is 44.0 Å². The van der Waals surface area contributed by atoms with Gasteiger partial charge in [0.15, 0.2) is 6.10 Å². The molecule has 1 fully saturated rings. The van der Waals surface area contributed by atoms with E-state index in [-0.39, 0.29) is 18.4 Å². The Labute approximate surface area is 143 Å². The molecule has 0 aromatic heterocycles. The molecule has 2 rings (SSSR count). The van der Waals surface area contributed by atoms with Crippen molar-refractivity contribution in [1.29, 1.82) is 0 Å². The number of hydrogen-bond acceptors (Lipinski definition) is 4. The zero-order valence-electron chi connectivity index (χ0n) is 12.9. The van der Waals surface area contributed by atoms with E-state index in [1.54, 1.807) is 36.1 Å². The summed E-state index contributed by atoms with van der Waals surface area (Å²) in [7, 11) is 0. The van der Waals surface area contributed by atoms with E-state index in [1.165, 1.54) is 0 Å². The highest BCUT2D eigenvalue weighted by Gasteiger charge is 2.25. The lowest BCUT2D eigenvalue weighted by Crippen LogP contribution is -2.40. The van der Waals surface area contributed by atoms with Crippen LogP contribution >= 0.6 is 15.9 Å². The Bertz CT molecular complexity index is 582. The van der Waals surface area contributed by atoms with Gasteiger partial charge in [0.2, 0.25) is 0 Å². The highest BCUT2D eigenvalue weighted by molar-refractivity contribution is 9.10. The standard InChI is InChI=1S/C16H19BrN2O4/c1-11(16(22)19-8-2-3-9-19)23-14(20)10-18-15(21)12-4-6-13(17)7-5-12/h4-7,11H,2-3,8-10H2,1H3,(H,18,21). The molecular weight excluding hydrogens is 364 g/mol. The van der Waals surface area contributed by atoms with Gasteiger partial charge in [0, 0.05) is 23.1 Å². The lowest BCUT2D eigenvalue weighted by Gasteiger charge is -2.20. The average Bonchev–Trinajstić information content (AvgIpc) is 3.06. The number of nitrogens with zero attached hydrogens (tertiary/aromatic N) is 1. The molecule has 7 heteroatoms. The summed E-state index contributed by atoms with van der Waals surface area (Å²) < 4.78 is 5.94. The van der Waals surface area contributed by atoms with Gasteiger partial charge >= 0.3 is 5.97 Å². The predicted molar refractivity (Wildman–Crippen MR) is 87.8 cm³/mol. The van der Waals surface area contributed by atoms with E-state index in [1.807, 2.05) is 0 Å². The van der Waals surface area contributed by atoms with Gasteiger partial charge in [0.05, 0.1) is 0 Å². The molecule has 0 radical (unpaired) electrons. The summed E-state index contributed by atoms with van der Waals surface area (Å²) in [6.07, 6.45) is 1.14. The van der Waals surface area contributed by atoms with Gasteiger partial charge in [-0.25, -0.2) is 0 Å². The molecule has 0 spiro atoms.